The lowest BCUT2D eigenvalue weighted by atomic mass is 9.93. The van der Waals surface area contributed by atoms with Gasteiger partial charge in [0, 0.05) is 44.2 Å². The van der Waals surface area contributed by atoms with Gasteiger partial charge in [-0.2, -0.15) is 0 Å². The Balaban J connectivity index is 0.986. The minimum atomic E-state index is 0.777. The molecular weight excluding hydrogens is 795 g/mol. The smallest absolute Gasteiger partial charge is 0.162 e. The maximum atomic E-state index is 6.74. The van der Waals surface area contributed by atoms with Crippen LogP contribution in [0, 0.1) is 0 Å². The molecule has 13 aromatic rings. The van der Waals surface area contributed by atoms with Crippen molar-refractivity contribution in [1.82, 2.24) is 24.1 Å². The third-order valence-electron chi connectivity index (χ3n) is 12.5. The summed E-state index contributed by atoms with van der Waals surface area (Å²) in [6, 6.07) is 78.5. The van der Waals surface area contributed by atoms with E-state index in [4.69, 9.17) is 19.4 Å². The first-order valence-corrected chi connectivity index (χ1v) is 21.8. The predicted molar refractivity (Wildman–Crippen MR) is 265 cm³/mol. The maximum Gasteiger partial charge on any atom is 0.162 e. The Bertz CT molecular complexity index is 3740. The van der Waals surface area contributed by atoms with Gasteiger partial charge in [-0.1, -0.05) is 146 Å². The Morgan fingerprint density at radius 1 is 0.323 bits per heavy atom. The van der Waals surface area contributed by atoms with E-state index >= 15 is 0 Å². The van der Waals surface area contributed by atoms with E-state index in [1.807, 2.05) is 36.4 Å². The van der Waals surface area contributed by atoms with E-state index in [0.29, 0.717) is 0 Å². The molecule has 9 aromatic carbocycles. The first kappa shape index (κ1) is 36.8. The highest BCUT2D eigenvalue weighted by molar-refractivity contribution is 6.21. The van der Waals surface area contributed by atoms with E-state index in [2.05, 4.69) is 197 Å². The summed E-state index contributed by atoms with van der Waals surface area (Å²) in [5.74, 6) is 1.81. The number of hydrogen-bond donors (Lipinski definition) is 0. The van der Waals surface area contributed by atoms with Crippen molar-refractivity contribution in [1.29, 1.82) is 0 Å². The summed E-state index contributed by atoms with van der Waals surface area (Å²) >= 11 is 0. The fourth-order valence-corrected chi connectivity index (χ4v) is 9.47. The molecule has 6 heteroatoms. The van der Waals surface area contributed by atoms with Gasteiger partial charge in [0.15, 0.2) is 5.58 Å². The highest BCUT2D eigenvalue weighted by Crippen LogP contribution is 2.42. The number of rotatable bonds is 7. The molecule has 0 N–H and O–H groups in total. The predicted octanol–water partition coefficient (Wildman–Crippen LogP) is 15.1. The molecule has 0 saturated heterocycles. The second kappa shape index (κ2) is 14.9. The van der Waals surface area contributed by atoms with Crippen molar-refractivity contribution in [3.63, 3.8) is 0 Å². The minimum absolute atomic E-state index is 0.777. The molecular formula is C59H37N5O. The number of imidazole rings is 2. The van der Waals surface area contributed by atoms with E-state index in [1.54, 1.807) is 0 Å². The zero-order valence-electron chi connectivity index (χ0n) is 35.0. The van der Waals surface area contributed by atoms with E-state index < -0.39 is 0 Å². The van der Waals surface area contributed by atoms with Crippen molar-refractivity contribution in [2.75, 3.05) is 0 Å². The molecule has 304 valence electrons. The lowest BCUT2D eigenvalue weighted by Crippen LogP contribution is -1.98. The molecule has 65 heavy (non-hydrogen) atoms. The fourth-order valence-electron chi connectivity index (χ4n) is 9.47. The number of aromatic nitrogens is 5. The lowest BCUT2D eigenvalue weighted by Gasteiger charge is -2.14. The summed E-state index contributed by atoms with van der Waals surface area (Å²) in [4.78, 5) is 15.5. The second-order valence-electron chi connectivity index (χ2n) is 16.4. The van der Waals surface area contributed by atoms with Crippen molar-refractivity contribution in [3.8, 4) is 67.7 Å². The van der Waals surface area contributed by atoms with Gasteiger partial charge in [0.1, 0.15) is 22.9 Å². The van der Waals surface area contributed by atoms with Crippen LogP contribution >= 0.6 is 0 Å². The summed E-state index contributed by atoms with van der Waals surface area (Å²) < 4.78 is 11.2. The van der Waals surface area contributed by atoms with Crippen LogP contribution in [-0.4, -0.2) is 24.1 Å². The molecule has 0 atom stereocenters. The van der Waals surface area contributed by atoms with Crippen molar-refractivity contribution in [3.05, 3.63) is 224 Å². The fraction of sp³-hybridized carbons (Fsp3) is 0. The molecule has 6 nitrogen and oxygen atoms in total. The van der Waals surface area contributed by atoms with Gasteiger partial charge in [-0.25, -0.2) is 15.0 Å². The number of nitrogens with zero attached hydrogens (tertiary/aromatic N) is 5. The van der Waals surface area contributed by atoms with Gasteiger partial charge < -0.3 is 4.42 Å². The van der Waals surface area contributed by atoms with Crippen LogP contribution in [0.1, 0.15) is 0 Å². The molecule has 0 aliphatic heterocycles. The van der Waals surface area contributed by atoms with Crippen molar-refractivity contribution in [2.45, 2.75) is 0 Å². The first-order valence-electron chi connectivity index (χ1n) is 21.8. The van der Waals surface area contributed by atoms with Gasteiger partial charge in [-0.05, 0) is 101 Å². The van der Waals surface area contributed by atoms with E-state index in [9.17, 15) is 0 Å². The first-order chi connectivity index (χ1) is 32.2. The highest BCUT2D eigenvalue weighted by Gasteiger charge is 2.21. The van der Waals surface area contributed by atoms with Crippen LogP contribution in [0.5, 0.6) is 0 Å². The number of furan rings is 1. The van der Waals surface area contributed by atoms with Crippen LogP contribution in [0.4, 0.5) is 0 Å². The maximum absolute atomic E-state index is 6.74. The quantitative estimate of drug-likeness (QED) is 0.160. The van der Waals surface area contributed by atoms with Gasteiger partial charge in [0.05, 0.1) is 27.6 Å². The number of fused-ring (bicyclic) bond motifs is 7. The third kappa shape index (κ3) is 6.15. The zero-order chi connectivity index (χ0) is 42.8. The van der Waals surface area contributed by atoms with Crippen molar-refractivity contribution in [2.24, 2.45) is 0 Å². The SMILES string of the molecule is c1ccc(-c2nc3ccccc3n2-c2ccc(-c3cc(-c4ccc(-n5c(-c6ccccc6)nc6ccccc65)cc4)cc(-c4nc5ccccc5c5c4oc4ccccc45)c3)cc2)cc1. The van der Waals surface area contributed by atoms with Crippen LogP contribution in [0.25, 0.3) is 123 Å². The number of pyridine rings is 1. The van der Waals surface area contributed by atoms with Crippen molar-refractivity contribution >= 4 is 54.9 Å². The molecule has 0 unspecified atom stereocenters. The summed E-state index contributed by atoms with van der Waals surface area (Å²) in [5.41, 5.74) is 16.8. The number of hydrogen-bond acceptors (Lipinski definition) is 4. The van der Waals surface area contributed by atoms with Crippen LogP contribution in [0.2, 0.25) is 0 Å². The summed E-state index contributed by atoms with van der Waals surface area (Å²) in [7, 11) is 0. The second-order valence-corrected chi connectivity index (χ2v) is 16.4. The standard InChI is InChI=1S/C59H37N5O/c1-3-15-40(16-4-1)58-61-50-22-10-12-24-52(50)63(58)45-31-27-38(28-32-45)42-35-43(37-44(36-42)56-57-55(47-19-7-9-21-49(47)60-56)48-20-8-14-26-54(48)65-57)39-29-33-46(34-30-39)64-53-25-13-11-23-51(53)62-59(64)41-17-5-2-6-18-41/h1-37H. The lowest BCUT2D eigenvalue weighted by molar-refractivity contribution is 0.669. The molecule has 0 radical (unpaired) electrons. The van der Waals surface area contributed by atoms with Gasteiger partial charge in [0.2, 0.25) is 0 Å². The molecule has 0 amide bonds. The normalized spacial score (nSPS) is 11.7. The molecule has 0 spiro atoms. The topological polar surface area (TPSA) is 61.7 Å². The van der Waals surface area contributed by atoms with Crippen LogP contribution in [0.3, 0.4) is 0 Å². The van der Waals surface area contributed by atoms with E-state index in [0.717, 1.165) is 123 Å². The van der Waals surface area contributed by atoms with Gasteiger partial charge in [-0.15, -0.1) is 0 Å². The average Bonchev–Trinajstić information content (AvgIpc) is 4.09. The molecule has 0 saturated carbocycles. The molecule has 0 bridgehead atoms. The molecule has 4 heterocycles. The van der Waals surface area contributed by atoms with E-state index in [-0.39, 0.29) is 0 Å². The molecule has 0 aliphatic rings. The summed E-state index contributed by atoms with van der Waals surface area (Å²) in [6.45, 7) is 0. The Kier molecular flexibility index (Phi) is 8.42. The Morgan fingerprint density at radius 2 is 0.769 bits per heavy atom. The minimum Gasteiger partial charge on any atom is -0.454 e. The molecule has 13 rings (SSSR count). The Hall–Kier alpha value is -8.87. The summed E-state index contributed by atoms with van der Waals surface area (Å²) in [5, 5.41) is 3.22. The van der Waals surface area contributed by atoms with Gasteiger partial charge in [-0.3, -0.25) is 9.13 Å². The van der Waals surface area contributed by atoms with Crippen LogP contribution in [0.15, 0.2) is 229 Å². The van der Waals surface area contributed by atoms with E-state index in [1.165, 1.54) is 0 Å². The Labute approximate surface area is 374 Å². The zero-order valence-corrected chi connectivity index (χ0v) is 35.0. The van der Waals surface area contributed by atoms with Crippen LogP contribution < -0.4 is 0 Å². The van der Waals surface area contributed by atoms with Crippen molar-refractivity contribution < 1.29 is 4.42 Å². The van der Waals surface area contributed by atoms with Gasteiger partial charge in [0.25, 0.3) is 0 Å². The monoisotopic (exact) mass is 831 g/mol. The Morgan fingerprint density at radius 3 is 1.32 bits per heavy atom. The molecule has 0 fully saturated rings. The average molecular weight is 832 g/mol. The molecule has 4 aromatic heterocycles. The van der Waals surface area contributed by atoms with Crippen LogP contribution in [-0.2, 0) is 0 Å². The summed E-state index contributed by atoms with van der Waals surface area (Å²) in [6.07, 6.45) is 0. The number of para-hydroxylation sites is 6. The molecule has 0 aliphatic carbocycles. The highest BCUT2D eigenvalue weighted by atomic mass is 16.3. The van der Waals surface area contributed by atoms with Gasteiger partial charge >= 0.3 is 0 Å². The number of benzene rings is 9. The largest absolute Gasteiger partial charge is 0.454 e. The third-order valence-corrected chi connectivity index (χ3v) is 12.5.